The van der Waals surface area contributed by atoms with Crippen molar-refractivity contribution < 1.29 is 14.1 Å². The van der Waals surface area contributed by atoms with Gasteiger partial charge in [-0.2, -0.15) is 0 Å². The lowest BCUT2D eigenvalue weighted by molar-refractivity contribution is -0.870. The summed E-state index contributed by atoms with van der Waals surface area (Å²) >= 11 is 0. The molecule has 0 fully saturated rings. The topological polar surface area (TPSA) is 69.0 Å². The van der Waals surface area contributed by atoms with Crippen molar-refractivity contribution in [2.24, 2.45) is 0 Å². The van der Waals surface area contributed by atoms with Crippen molar-refractivity contribution in [1.82, 2.24) is 14.9 Å². The Hall–Kier alpha value is -2.96. The van der Waals surface area contributed by atoms with Gasteiger partial charge in [-0.05, 0) is 55.9 Å². The largest absolute Gasteiger partial charge is 0.361 e. The van der Waals surface area contributed by atoms with E-state index in [1.807, 2.05) is 38.6 Å². The summed E-state index contributed by atoms with van der Waals surface area (Å²) in [6.45, 7) is 1.80. The lowest BCUT2D eigenvalue weighted by Crippen LogP contribution is -2.36. The summed E-state index contributed by atoms with van der Waals surface area (Å²) in [5, 5.41) is 0. The molecule has 6 nitrogen and oxygen atoms in total. The van der Waals surface area contributed by atoms with Crippen molar-refractivity contribution in [1.29, 1.82) is 0 Å². The minimum atomic E-state index is -0.00162. The van der Waals surface area contributed by atoms with Crippen LogP contribution in [0.1, 0.15) is 43.2 Å². The van der Waals surface area contributed by atoms with Crippen LogP contribution in [-0.4, -0.2) is 79.2 Å². The number of fused-ring (bicyclic) bond motifs is 2. The van der Waals surface area contributed by atoms with E-state index < -0.39 is 0 Å². The lowest BCUT2D eigenvalue weighted by Gasteiger charge is -2.24. The molecule has 0 aromatic carbocycles. The van der Waals surface area contributed by atoms with Crippen molar-refractivity contribution >= 4 is 23.2 Å². The summed E-state index contributed by atoms with van der Waals surface area (Å²) in [6.07, 6.45) is 12.7. The van der Waals surface area contributed by atoms with E-state index in [9.17, 15) is 9.59 Å². The first kappa shape index (κ1) is 21.3. The SMILES string of the molecule is CN(C)CCc1c[nH]c2c1C(=O)C(=C1C=CC(=O)c3c(CC[N+](C)(C)C)c[nH]c31)C=C2. The molecule has 2 aromatic rings. The Morgan fingerprint density at radius 2 is 1.52 bits per heavy atom. The zero-order chi connectivity index (χ0) is 22.3. The average molecular weight is 420 g/mol. The third-order valence-corrected chi connectivity index (χ3v) is 5.93. The molecule has 0 unspecified atom stereocenters. The van der Waals surface area contributed by atoms with Gasteiger partial charge in [0.1, 0.15) is 0 Å². The predicted octanol–water partition coefficient (Wildman–Crippen LogP) is 3.11. The smallest absolute Gasteiger partial charge is 0.196 e. The number of allylic oxidation sites excluding steroid dienone is 5. The van der Waals surface area contributed by atoms with Crippen LogP contribution >= 0.6 is 0 Å². The van der Waals surface area contributed by atoms with Gasteiger partial charge >= 0.3 is 0 Å². The van der Waals surface area contributed by atoms with E-state index >= 15 is 0 Å². The lowest BCUT2D eigenvalue weighted by atomic mass is 9.86. The molecule has 2 heterocycles. The quantitative estimate of drug-likeness (QED) is 0.558. The van der Waals surface area contributed by atoms with E-state index in [0.29, 0.717) is 11.1 Å². The van der Waals surface area contributed by atoms with Crippen molar-refractivity contribution in [3.63, 3.8) is 0 Å². The Bertz CT molecular complexity index is 1130. The molecule has 0 saturated heterocycles. The normalized spacial score (nSPS) is 18.1. The van der Waals surface area contributed by atoms with Crippen LogP contribution in [0.15, 0.2) is 36.2 Å². The number of Topliss-reactive ketones (excluding diaryl/α,β-unsaturated/α-hetero) is 1. The maximum atomic E-state index is 13.5. The Morgan fingerprint density at radius 1 is 0.839 bits per heavy atom. The highest BCUT2D eigenvalue weighted by molar-refractivity contribution is 6.23. The van der Waals surface area contributed by atoms with Gasteiger partial charge in [-0.3, -0.25) is 9.59 Å². The fraction of sp³-hybridized carbons (Fsp3) is 0.360. The fourth-order valence-corrected chi connectivity index (χ4v) is 4.17. The van der Waals surface area contributed by atoms with Crippen LogP contribution in [0.5, 0.6) is 0 Å². The summed E-state index contributed by atoms with van der Waals surface area (Å²) in [4.78, 5) is 34.9. The number of carbonyl (C=O) groups is 2. The van der Waals surface area contributed by atoms with Gasteiger partial charge in [0, 0.05) is 42.2 Å². The van der Waals surface area contributed by atoms with E-state index in [-0.39, 0.29) is 11.6 Å². The number of rotatable bonds is 6. The minimum absolute atomic E-state index is 0.00162. The van der Waals surface area contributed by atoms with Gasteiger partial charge in [0.2, 0.25) is 0 Å². The second-order valence-corrected chi connectivity index (χ2v) is 9.67. The molecule has 0 bridgehead atoms. The standard InChI is InChI=1S/C25H30N4O2/c1-28(2)12-10-16-14-26-20-8-6-19(25(31)22(16)20)18-7-9-21(30)23-17(15-27-24(18)23)11-13-29(3,4)5/h6-9,14-15H,10-13H2,1-5H3,(H-,26,27,30,31)/p+1. The number of nitrogens with one attached hydrogen (secondary N) is 2. The number of carbonyl (C=O) groups excluding carboxylic acids is 2. The molecule has 2 aromatic heterocycles. The van der Waals surface area contributed by atoms with Gasteiger partial charge in [0.05, 0.1) is 44.5 Å². The van der Waals surface area contributed by atoms with E-state index in [2.05, 4.69) is 36.0 Å². The second-order valence-electron chi connectivity index (χ2n) is 9.67. The first-order valence-corrected chi connectivity index (χ1v) is 10.7. The Labute approximate surface area is 183 Å². The molecule has 0 amide bonds. The highest BCUT2D eigenvalue weighted by atomic mass is 16.1. The van der Waals surface area contributed by atoms with E-state index in [0.717, 1.165) is 64.1 Å². The van der Waals surface area contributed by atoms with Crippen molar-refractivity contribution in [3.05, 3.63) is 69.8 Å². The maximum Gasteiger partial charge on any atom is 0.196 e. The number of aromatic amines is 2. The van der Waals surface area contributed by atoms with Gasteiger partial charge < -0.3 is 19.4 Å². The first-order chi connectivity index (χ1) is 14.7. The number of quaternary nitrogens is 1. The van der Waals surface area contributed by atoms with Gasteiger partial charge in [-0.15, -0.1) is 0 Å². The van der Waals surface area contributed by atoms with Crippen LogP contribution in [0.4, 0.5) is 0 Å². The predicted molar refractivity (Wildman–Crippen MR) is 124 cm³/mol. The average Bonchev–Trinajstić information content (AvgIpc) is 3.30. The van der Waals surface area contributed by atoms with Gasteiger partial charge in [0.15, 0.2) is 11.6 Å². The molecule has 2 N–H and O–H groups in total. The molecule has 31 heavy (non-hydrogen) atoms. The number of aromatic nitrogens is 2. The molecular formula is C25H31N4O2+. The molecule has 0 saturated carbocycles. The molecule has 4 rings (SSSR count). The molecule has 6 heteroatoms. The number of hydrogen-bond acceptors (Lipinski definition) is 3. The van der Waals surface area contributed by atoms with E-state index in [4.69, 9.17) is 0 Å². The van der Waals surface area contributed by atoms with E-state index in [1.165, 1.54) is 0 Å². The first-order valence-electron chi connectivity index (χ1n) is 10.7. The number of ketones is 2. The molecule has 0 spiro atoms. The fourth-order valence-electron chi connectivity index (χ4n) is 4.17. The second kappa shape index (κ2) is 7.94. The molecule has 2 aliphatic carbocycles. The molecule has 0 aliphatic heterocycles. The van der Waals surface area contributed by atoms with Crippen molar-refractivity contribution in [3.8, 4) is 0 Å². The monoisotopic (exact) mass is 419 g/mol. The summed E-state index contributed by atoms with van der Waals surface area (Å²) in [5.41, 5.74) is 6.52. The van der Waals surface area contributed by atoms with Crippen LogP contribution in [0.2, 0.25) is 0 Å². The summed E-state index contributed by atoms with van der Waals surface area (Å²) in [7, 11) is 10.5. The summed E-state index contributed by atoms with van der Waals surface area (Å²) < 4.78 is 0.825. The van der Waals surface area contributed by atoms with Crippen LogP contribution in [-0.2, 0) is 12.8 Å². The molecule has 162 valence electrons. The molecule has 0 radical (unpaired) electrons. The van der Waals surface area contributed by atoms with Crippen LogP contribution in [0, 0.1) is 0 Å². The van der Waals surface area contributed by atoms with Crippen LogP contribution in [0.3, 0.4) is 0 Å². The van der Waals surface area contributed by atoms with Gasteiger partial charge in [0.25, 0.3) is 0 Å². The number of H-pyrrole nitrogens is 2. The Kier molecular flexibility index (Phi) is 5.45. The maximum absolute atomic E-state index is 13.5. The number of nitrogens with zero attached hydrogens (tertiary/aromatic N) is 2. The molecule has 2 aliphatic rings. The van der Waals surface area contributed by atoms with Crippen molar-refractivity contribution in [2.45, 2.75) is 12.8 Å². The number of hydrogen-bond donors (Lipinski definition) is 2. The minimum Gasteiger partial charge on any atom is -0.361 e. The number of likely N-dealkylation sites (N-methyl/N-ethyl adjacent to an activating group) is 2. The van der Waals surface area contributed by atoms with Crippen LogP contribution in [0.25, 0.3) is 11.6 Å². The van der Waals surface area contributed by atoms with Gasteiger partial charge in [-0.25, -0.2) is 0 Å². The molecule has 0 atom stereocenters. The highest BCUT2D eigenvalue weighted by Crippen LogP contribution is 2.35. The van der Waals surface area contributed by atoms with Crippen LogP contribution < -0.4 is 0 Å². The summed E-state index contributed by atoms with van der Waals surface area (Å²) in [6, 6.07) is 0. The zero-order valence-electron chi connectivity index (χ0n) is 19.0. The Morgan fingerprint density at radius 3 is 2.23 bits per heavy atom. The molecular weight excluding hydrogens is 388 g/mol. The third kappa shape index (κ3) is 4.13. The summed E-state index contributed by atoms with van der Waals surface area (Å²) in [5.74, 6) is 0.00761. The van der Waals surface area contributed by atoms with E-state index in [1.54, 1.807) is 12.2 Å². The highest BCUT2D eigenvalue weighted by Gasteiger charge is 2.30. The zero-order valence-corrected chi connectivity index (χ0v) is 19.0. The Balaban J connectivity index is 1.73. The van der Waals surface area contributed by atoms with Crippen molar-refractivity contribution in [2.75, 3.05) is 48.3 Å². The third-order valence-electron chi connectivity index (χ3n) is 5.93. The van der Waals surface area contributed by atoms with Gasteiger partial charge in [-0.1, -0.05) is 0 Å².